The zero-order valence-corrected chi connectivity index (χ0v) is 8.50. The lowest BCUT2D eigenvalue weighted by atomic mass is 10.3. The summed E-state index contributed by atoms with van der Waals surface area (Å²) in [5.74, 6) is -0.224. The molecule has 0 atom stereocenters. The molecule has 0 amide bonds. The van der Waals surface area contributed by atoms with Gasteiger partial charge in [0.2, 0.25) is 0 Å². The molecule has 0 radical (unpaired) electrons. The van der Waals surface area contributed by atoms with E-state index in [9.17, 15) is 4.79 Å². The lowest BCUT2D eigenvalue weighted by molar-refractivity contribution is -0.142. The molecule has 76 valence electrons. The molecule has 1 heterocycles. The molecule has 1 saturated heterocycles. The van der Waals surface area contributed by atoms with E-state index in [0.717, 1.165) is 19.7 Å². The Morgan fingerprint density at radius 2 is 2.31 bits per heavy atom. The first-order valence-electron chi connectivity index (χ1n) is 4.55. The van der Waals surface area contributed by atoms with Crippen molar-refractivity contribution in [2.24, 2.45) is 0 Å². The van der Waals surface area contributed by atoms with Crippen molar-refractivity contribution in [1.29, 1.82) is 0 Å². The fraction of sp³-hybridized carbons (Fsp3) is 0.889. The molecular formula is C9H17NO3. The number of hydrogen-bond acceptors (Lipinski definition) is 4. The van der Waals surface area contributed by atoms with Gasteiger partial charge in [-0.25, -0.2) is 0 Å². The molecule has 4 nitrogen and oxygen atoms in total. The average Bonchev–Trinajstić information content (AvgIpc) is 2.30. The van der Waals surface area contributed by atoms with Gasteiger partial charge in [0.15, 0.2) is 0 Å². The summed E-state index contributed by atoms with van der Waals surface area (Å²) in [7, 11) is 0. The van der Waals surface area contributed by atoms with Crippen molar-refractivity contribution in [3.05, 3.63) is 0 Å². The van der Waals surface area contributed by atoms with Crippen LogP contribution >= 0.6 is 0 Å². The van der Waals surface area contributed by atoms with Crippen molar-refractivity contribution in [3.63, 3.8) is 0 Å². The topological polar surface area (TPSA) is 38.8 Å². The highest BCUT2D eigenvalue weighted by atomic mass is 16.5. The third-order valence-electron chi connectivity index (χ3n) is 2.24. The summed E-state index contributed by atoms with van der Waals surface area (Å²) in [6, 6.07) is 0. The first-order chi connectivity index (χ1) is 6.02. The zero-order chi connectivity index (χ0) is 9.90. The molecule has 0 aromatic carbocycles. The summed E-state index contributed by atoms with van der Waals surface area (Å²) in [6.45, 7) is 8.32. The van der Waals surface area contributed by atoms with Gasteiger partial charge < -0.3 is 9.47 Å². The minimum absolute atomic E-state index is 0.208. The third-order valence-corrected chi connectivity index (χ3v) is 2.24. The van der Waals surface area contributed by atoms with E-state index in [1.807, 2.05) is 13.8 Å². The van der Waals surface area contributed by atoms with Crippen LogP contribution in [0, 0.1) is 0 Å². The van der Waals surface area contributed by atoms with Gasteiger partial charge in [-0.2, -0.15) is 0 Å². The molecule has 0 unspecified atom stereocenters. The number of carbonyl (C=O) groups excluding carboxylic acids is 1. The zero-order valence-electron chi connectivity index (χ0n) is 8.50. The normalized spacial score (nSPS) is 21.8. The van der Waals surface area contributed by atoms with Gasteiger partial charge in [-0.1, -0.05) is 0 Å². The van der Waals surface area contributed by atoms with E-state index in [4.69, 9.17) is 9.47 Å². The lowest BCUT2D eigenvalue weighted by Gasteiger charge is -2.29. The second kappa shape index (κ2) is 4.07. The molecule has 0 aromatic heterocycles. The lowest BCUT2D eigenvalue weighted by Crippen LogP contribution is -2.41. The predicted octanol–water partition coefficient (Wildman–Crippen LogP) is 0.618. The SMILES string of the molecule is CC(=O)OCCN1CCOC1(C)C. The second-order valence-electron chi connectivity index (χ2n) is 3.62. The predicted molar refractivity (Wildman–Crippen MR) is 48.2 cm³/mol. The number of rotatable bonds is 3. The number of ether oxygens (including phenoxy) is 2. The summed E-state index contributed by atoms with van der Waals surface area (Å²) in [6.07, 6.45) is 0. The maximum atomic E-state index is 10.5. The maximum absolute atomic E-state index is 10.5. The smallest absolute Gasteiger partial charge is 0.302 e. The summed E-state index contributed by atoms with van der Waals surface area (Å²) in [5.41, 5.74) is -0.208. The van der Waals surface area contributed by atoms with Crippen LogP contribution in [0.4, 0.5) is 0 Å². The molecule has 0 aliphatic carbocycles. The van der Waals surface area contributed by atoms with Crippen LogP contribution in [-0.4, -0.2) is 42.9 Å². The van der Waals surface area contributed by atoms with Gasteiger partial charge in [0, 0.05) is 20.0 Å². The first kappa shape index (κ1) is 10.5. The number of carbonyl (C=O) groups is 1. The Balaban J connectivity index is 2.25. The third kappa shape index (κ3) is 2.97. The summed E-state index contributed by atoms with van der Waals surface area (Å²) in [5, 5.41) is 0. The van der Waals surface area contributed by atoms with Gasteiger partial charge >= 0.3 is 5.97 Å². The minimum Gasteiger partial charge on any atom is -0.465 e. The number of esters is 1. The van der Waals surface area contributed by atoms with Crippen LogP contribution in [-0.2, 0) is 14.3 Å². The van der Waals surface area contributed by atoms with Crippen molar-refractivity contribution in [2.45, 2.75) is 26.5 Å². The standard InChI is InChI=1S/C9H17NO3/c1-8(11)12-6-4-10-5-7-13-9(10,2)3/h4-7H2,1-3H3. The Morgan fingerprint density at radius 1 is 1.62 bits per heavy atom. The fourth-order valence-electron chi connectivity index (χ4n) is 1.45. The molecule has 1 fully saturated rings. The molecule has 0 saturated carbocycles. The molecule has 13 heavy (non-hydrogen) atoms. The van der Waals surface area contributed by atoms with Crippen molar-refractivity contribution in [3.8, 4) is 0 Å². The van der Waals surface area contributed by atoms with Crippen molar-refractivity contribution < 1.29 is 14.3 Å². The van der Waals surface area contributed by atoms with E-state index < -0.39 is 0 Å². The van der Waals surface area contributed by atoms with E-state index in [1.165, 1.54) is 6.92 Å². The number of hydrogen-bond donors (Lipinski definition) is 0. The van der Waals surface area contributed by atoms with Crippen LogP contribution in [0.5, 0.6) is 0 Å². The highest BCUT2D eigenvalue weighted by Gasteiger charge is 2.32. The van der Waals surface area contributed by atoms with Gasteiger partial charge in [0.25, 0.3) is 0 Å². The second-order valence-corrected chi connectivity index (χ2v) is 3.62. The Kier molecular flexibility index (Phi) is 3.27. The number of nitrogens with zero attached hydrogens (tertiary/aromatic N) is 1. The summed E-state index contributed by atoms with van der Waals surface area (Å²) >= 11 is 0. The molecule has 1 aliphatic rings. The molecule has 0 N–H and O–H groups in total. The Morgan fingerprint density at radius 3 is 2.77 bits per heavy atom. The fourth-order valence-corrected chi connectivity index (χ4v) is 1.45. The van der Waals surface area contributed by atoms with Gasteiger partial charge in [-0.15, -0.1) is 0 Å². The highest BCUT2D eigenvalue weighted by Crippen LogP contribution is 2.20. The Bertz CT molecular complexity index is 191. The van der Waals surface area contributed by atoms with Gasteiger partial charge in [0.1, 0.15) is 12.3 Å². The monoisotopic (exact) mass is 187 g/mol. The average molecular weight is 187 g/mol. The summed E-state index contributed by atoms with van der Waals surface area (Å²) < 4.78 is 10.4. The van der Waals surface area contributed by atoms with Crippen LogP contribution in [0.25, 0.3) is 0 Å². The van der Waals surface area contributed by atoms with Crippen LogP contribution in [0.2, 0.25) is 0 Å². The molecular weight excluding hydrogens is 170 g/mol. The van der Waals surface area contributed by atoms with Gasteiger partial charge in [-0.3, -0.25) is 9.69 Å². The van der Waals surface area contributed by atoms with Crippen LogP contribution < -0.4 is 0 Å². The Labute approximate surface area is 78.8 Å². The molecule has 0 bridgehead atoms. The van der Waals surface area contributed by atoms with E-state index in [-0.39, 0.29) is 11.7 Å². The molecule has 0 aromatic rings. The van der Waals surface area contributed by atoms with Crippen molar-refractivity contribution in [1.82, 2.24) is 4.90 Å². The summed E-state index contributed by atoms with van der Waals surface area (Å²) in [4.78, 5) is 12.7. The van der Waals surface area contributed by atoms with Crippen LogP contribution in [0.3, 0.4) is 0 Å². The van der Waals surface area contributed by atoms with E-state index in [1.54, 1.807) is 0 Å². The molecule has 1 aliphatic heterocycles. The molecule has 1 rings (SSSR count). The molecule has 4 heteroatoms. The largest absolute Gasteiger partial charge is 0.465 e. The van der Waals surface area contributed by atoms with Crippen LogP contribution in [0.1, 0.15) is 20.8 Å². The Hall–Kier alpha value is -0.610. The minimum atomic E-state index is -0.224. The van der Waals surface area contributed by atoms with Gasteiger partial charge in [-0.05, 0) is 13.8 Å². The van der Waals surface area contributed by atoms with Crippen molar-refractivity contribution >= 4 is 5.97 Å². The van der Waals surface area contributed by atoms with Gasteiger partial charge in [0.05, 0.1) is 6.61 Å². The quantitative estimate of drug-likeness (QED) is 0.607. The highest BCUT2D eigenvalue weighted by molar-refractivity contribution is 5.65. The van der Waals surface area contributed by atoms with E-state index in [0.29, 0.717) is 6.61 Å². The van der Waals surface area contributed by atoms with E-state index >= 15 is 0 Å². The maximum Gasteiger partial charge on any atom is 0.302 e. The first-order valence-corrected chi connectivity index (χ1v) is 4.55. The van der Waals surface area contributed by atoms with E-state index in [2.05, 4.69) is 4.90 Å². The molecule has 0 spiro atoms. The van der Waals surface area contributed by atoms with Crippen LogP contribution in [0.15, 0.2) is 0 Å². The van der Waals surface area contributed by atoms with Crippen molar-refractivity contribution in [2.75, 3.05) is 26.3 Å².